The fraction of sp³-hybridized carbons (Fsp3) is 0.283. The number of amides is 7. The third kappa shape index (κ3) is 20.6. The summed E-state index contributed by atoms with van der Waals surface area (Å²) in [6.45, 7) is 17.0. The summed E-state index contributed by atoms with van der Waals surface area (Å²) in [6.07, 6.45) is 14.9. The summed E-state index contributed by atoms with van der Waals surface area (Å²) in [4.78, 5) is 126. The number of benzene rings is 4. The van der Waals surface area contributed by atoms with Gasteiger partial charge in [-0.05, 0) is 174 Å². The third-order valence-electron chi connectivity index (χ3n) is 22.4. The number of hydrogen-bond acceptors (Lipinski definition) is 24. The molecule has 32 heteroatoms. The summed E-state index contributed by atoms with van der Waals surface area (Å²) >= 11 is 0. The van der Waals surface area contributed by atoms with E-state index in [9.17, 15) is 19.2 Å². The molecule has 7 amide bonds. The van der Waals surface area contributed by atoms with E-state index in [1.807, 2.05) is 143 Å². The number of carbonyl (C=O) groups is 4. The van der Waals surface area contributed by atoms with Gasteiger partial charge in [-0.3, -0.25) is 34.5 Å². The highest BCUT2D eigenvalue weighted by atomic mass is 16.5. The van der Waals surface area contributed by atoms with Gasteiger partial charge in [0.05, 0.1) is 52.7 Å². The molecule has 3 saturated heterocycles. The first-order valence-corrected chi connectivity index (χ1v) is 41.5. The van der Waals surface area contributed by atoms with E-state index < -0.39 is 0 Å². The maximum absolute atomic E-state index is 12.9. The molecule has 19 rings (SSSR count). The number of aromatic amines is 1. The molecule has 15 heterocycles. The topological polar surface area (TPSA) is 328 Å². The van der Waals surface area contributed by atoms with Crippen molar-refractivity contribution >= 4 is 81.4 Å². The number of ether oxygens (including phenoxy) is 1. The highest BCUT2D eigenvalue weighted by Crippen LogP contribution is 2.33. The molecule has 9 aromatic heterocycles. The number of carbonyl (C=O) groups excluding carboxylic acids is 4. The predicted molar refractivity (Wildman–Crippen MR) is 477 cm³/mol. The third-order valence-corrected chi connectivity index (χ3v) is 22.4. The molecule has 5 N–H and O–H groups in total. The second kappa shape index (κ2) is 38.5. The van der Waals surface area contributed by atoms with E-state index in [1.165, 1.54) is 33.4 Å². The molecule has 632 valence electrons. The summed E-state index contributed by atoms with van der Waals surface area (Å²) in [5, 5.41) is 14.1. The summed E-state index contributed by atoms with van der Waals surface area (Å²) in [5.41, 5.74) is 20.1. The van der Waals surface area contributed by atoms with Gasteiger partial charge >= 0.3 is 18.1 Å². The van der Waals surface area contributed by atoms with Crippen LogP contribution in [0.25, 0.3) is 56.5 Å². The minimum atomic E-state index is -0.0617. The molecule has 0 aliphatic carbocycles. The maximum atomic E-state index is 12.9. The van der Waals surface area contributed by atoms with Gasteiger partial charge in [0, 0.05) is 235 Å². The summed E-state index contributed by atoms with van der Waals surface area (Å²) in [5.74, 6) is 2.75. The van der Waals surface area contributed by atoms with Gasteiger partial charge < -0.3 is 70.2 Å². The lowest BCUT2D eigenvalue weighted by atomic mass is 10.1. The van der Waals surface area contributed by atoms with E-state index in [0.717, 1.165) is 202 Å². The Morgan fingerprint density at radius 3 is 1.31 bits per heavy atom. The van der Waals surface area contributed by atoms with Crippen molar-refractivity contribution < 1.29 is 23.9 Å². The van der Waals surface area contributed by atoms with Crippen molar-refractivity contribution in [1.82, 2.24) is 114 Å². The van der Waals surface area contributed by atoms with Crippen molar-refractivity contribution in [2.75, 3.05) is 142 Å². The standard InChI is InChI=1S/C24H27N7O2.2C23H25N7O.C22H22N6O/c1-29-9-11-31(24(29)32)12-10-30-15-17-3-4-19(13-18(17)16-30)27-23-26-8-6-21(28-23)22-14-20(33-2)5-7-25-22;1-28-10-12-30(23(28)31)13-11-29-15-17-5-6-19(14-18(17)16-29)26-22-25-9-7-21(27-22)20-4-2-3-8-24-20;1-28-10-12-29(13-11-28)23(31)30-15-17-5-6-19(14-18(17)16-30)26-22-25-9-7-21(27-22)20-4-2-3-8-24-20;1-4-14-5-7-18(24-13-14)19-9-10-23-22(27-19)25-16-6-8-17-15(11-16)12-20(26-17)21(29)28(2)3/h3-8,13-14H,9-12,15-16H2,1-2H3,(H,26,27,28);2*2-9,14H,10-13,15-16H2,1H3,(H,25,26,27);5-13,26H,4H2,1-3H3,(H,23,25,27). The van der Waals surface area contributed by atoms with Crippen molar-refractivity contribution in [3.63, 3.8) is 0 Å². The van der Waals surface area contributed by atoms with E-state index in [4.69, 9.17) is 4.74 Å². The molecule has 0 atom stereocenters. The monoisotopic (exact) mass is 1660 g/mol. The van der Waals surface area contributed by atoms with Crippen molar-refractivity contribution in [1.29, 1.82) is 0 Å². The molecule has 0 bridgehead atoms. The fourth-order valence-electron chi connectivity index (χ4n) is 15.4. The first kappa shape index (κ1) is 83.2. The van der Waals surface area contributed by atoms with E-state index in [0.29, 0.717) is 42.6 Å². The summed E-state index contributed by atoms with van der Waals surface area (Å²) in [7, 11) is 10.9. The minimum absolute atomic E-state index is 0.0617. The van der Waals surface area contributed by atoms with Crippen LogP contribution in [0, 0.1) is 0 Å². The van der Waals surface area contributed by atoms with Gasteiger partial charge in [-0.25, -0.2) is 54.3 Å². The molecule has 6 aliphatic heterocycles. The van der Waals surface area contributed by atoms with Crippen LogP contribution < -0.4 is 26.0 Å². The van der Waals surface area contributed by atoms with Gasteiger partial charge in [-0.2, -0.15) is 0 Å². The number of H-pyrrole nitrogens is 1. The van der Waals surface area contributed by atoms with Crippen LogP contribution >= 0.6 is 0 Å². The molecule has 0 radical (unpaired) electrons. The number of likely N-dealkylation sites (N-methyl/N-ethyl adjacent to an activating group) is 3. The Morgan fingerprint density at radius 1 is 0.411 bits per heavy atom. The average Bonchev–Trinajstić information content (AvgIpc) is 1.65. The lowest BCUT2D eigenvalue weighted by Crippen LogP contribution is -2.50. The van der Waals surface area contributed by atoms with Gasteiger partial charge in [0.2, 0.25) is 23.8 Å². The fourth-order valence-corrected chi connectivity index (χ4v) is 15.4. The summed E-state index contributed by atoms with van der Waals surface area (Å²) < 4.78 is 5.29. The van der Waals surface area contributed by atoms with E-state index in [2.05, 4.69) is 169 Å². The summed E-state index contributed by atoms with van der Waals surface area (Å²) in [6, 6.07) is 53.6. The second-order valence-electron chi connectivity index (χ2n) is 31.3. The zero-order valence-corrected chi connectivity index (χ0v) is 70.5. The van der Waals surface area contributed by atoms with Gasteiger partial charge in [0.1, 0.15) is 11.4 Å². The average molecular weight is 1660 g/mol. The molecular formula is C92H99N27O5. The van der Waals surface area contributed by atoms with E-state index in [-0.39, 0.29) is 24.0 Å². The number of aryl methyl sites for hydroxylation is 1. The highest BCUT2D eigenvalue weighted by molar-refractivity contribution is 5.98. The van der Waals surface area contributed by atoms with Crippen LogP contribution in [0.3, 0.4) is 0 Å². The lowest BCUT2D eigenvalue weighted by molar-refractivity contribution is 0.0822. The second-order valence-corrected chi connectivity index (χ2v) is 31.3. The lowest BCUT2D eigenvalue weighted by Gasteiger charge is -2.34. The SMILES string of the molecule is CCc1ccc(-c2ccnc(Nc3ccc4[nH]c(C(=O)N(C)C)cc4c3)n2)nc1.CN1CCN(C(=O)N2Cc3ccc(Nc4nccc(-c5ccccn5)n4)cc3C2)CC1.CN1CCN(CCN2Cc3ccc(Nc4nccc(-c5ccccn5)n4)cc3C2)C1=O.COc1ccnc(-c2ccnc(Nc3ccc4c(c3)CN(CCN3CCN(C)C3=O)C4)n2)c1. The molecule has 0 saturated carbocycles. The number of pyridine rings is 4. The van der Waals surface area contributed by atoms with Crippen LogP contribution in [0.2, 0.25) is 0 Å². The zero-order chi connectivity index (χ0) is 85.6. The van der Waals surface area contributed by atoms with Crippen molar-refractivity contribution in [3.8, 4) is 51.3 Å². The largest absolute Gasteiger partial charge is 0.497 e. The number of hydrogen-bond donors (Lipinski definition) is 5. The Bertz CT molecular complexity index is 5940. The maximum Gasteiger partial charge on any atom is 0.320 e. The Balaban J connectivity index is 0.000000122. The van der Waals surface area contributed by atoms with E-state index in [1.54, 1.807) is 85.3 Å². The van der Waals surface area contributed by atoms with Crippen LogP contribution in [0.4, 0.5) is 60.9 Å². The van der Waals surface area contributed by atoms with Crippen molar-refractivity contribution in [2.45, 2.75) is 52.6 Å². The first-order chi connectivity index (χ1) is 60.4. The van der Waals surface area contributed by atoms with Crippen LogP contribution in [0.15, 0.2) is 213 Å². The Hall–Kier alpha value is -14.5. The number of piperazine rings is 1. The Kier molecular flexibility index (Phi) is 25.8. The molecule has 124 heavy (non-hydrogen) atoms. The Labute approximate surface area is 719 Å². The molecule has 0 spiro atoms. The van der Waals surface area contributed by atoms with Crippen molar-refractivity contribution in [3.05, 3.63) is 258 Å². The van der Waals surface area contributed by atoms with E-state index >= 15 is 0 Å². The van der Waals surface area contributed by atoms with Crippen LogP contribution in [0.5, 0.6) is 5.75 Å². The number of rotatable bonds is 21. The Morgan fingerprint density at radius 2 is 0.855 bits per heavy atom. The van der Waals surface area contributed by atoms with Gasteiger partial charge in [0.15, 0.2) is 0 Å². The smallest absolute Gasteiger partial charge is 0.320 e. The molecule has 0 unspecified atom stereocenters. The molecule has 13 aromatic rings. The molecule has 4 aromatic carbocycles. The number of aromatic nitrogens is 13. The molecular weight excluding hydrogens is 1560 g/mol. The van der Waals surface area contributed by atoms with Gasteiger partial charge in [-0.15, -0.1) is 0 Å². The van der Waals surface area contributed by atoms with Crippen LogP contribution in [0.1, 0.15) is 56.4 Å². The van der Waals surface area contributed by atoms with Gasteiger partial charge in [-0.1, -0.05) is 43.3 Å². The zero-order valence-electron chi connectivity index (χ0n) is 70.5. The number of nitrogens with zero attached hydrogens (tertiary/aromatic N) is 22. The molecule has 3 fully saturated rings. The normalized spacial score (nSPS) is 14.8. The van der Waals surface area contributed by atoms with Crippen LogP contribution in [-0.4, -0.2) is 259 Å². The number of urea groups is 3. The quantitative estimate of drug-likeness (QED) is 0.0446. The molecule has 32 nitrogen and oxygen atoms in total. The minimum Gasteiger partial charge on any atom is -0.497 e. The highest BCUT2D eigenvalue weighted by Gasteiger charge is 2.32. The van der Waals surface area contributed by atoms with Crippen LogP contribution in [-0.2, 0) is 45.7 Å². The number of anilines is 8. The van der Waals surface area contributed by atoms with Gasteiger partial charge in [0.25, 0.3) is 5.91 Å². The number of nitrogens with one attached hydrogen (secondary N) is 5. The number of fused-ring (bicyclic) bond motifs is 4. The van der Waals surface area contributed by atoms with Crippen molar-refractivity contribution in [2.24, 2.45) is 0 Å². The number of methoxy groups -OCH3 is 1. The molecule has 6 aliphatic rings. The first-order valence-electron chi connectivity index (χ1n) is 41.5. The predicted octanol–water partition coefficient (Wildman–Crippen LogP) is 12.9.